The molecule has 2 rings (SSSR count). The molecule has 8 heteroatoms. The van der Waals surface area contributed by atoms with Gasteiger partial charge in [-0.25, -0.2) is 9.59 Å². The Morgan fingerprint density at radius 3 is 2.25 bits per heavy atom. The Labute approximate surface area is 167 Å². The third-order valence-electron chi connectivity index (χ3n) is 3.85. The van der Waals surface area contributed by atoms with E-state index in [0.29, 0.717) is 28.5 Å². The van der Waals surface area contributed by atoms with Gasteiger partial charge in [0.2, 0.25) is 0 Å². The highest BCUT2D eigenvalue weighted by Gasteiger charge is 2.22. The van der Waals surface area contributed by atoms with Gasteiger partial charge in [0.15, 0.2) is 6.61 Å². The van der Waals surface area contributed by atoms with Crippen LogP contribution < -0.4 is 10.1 Å². The molecular formula is C20H23NO6S. The number of esters is 2. The van der Waals surface area contributed by atoms with Crippen LogP contribution in [-0.2, 0) is 14.3 Å². The average Bonchev–Trinajstić information content (AvgIpc) is 2.94. The first-order valence-electron chi connectivity index (χ1n) is 8.84. The van der Waals surface area contributed by atoms with Gasteiger partial charge in [-0.3, -0.25) is 4.79 Å². The maximum Gasteiger partial charge on any atom is 0.341 e. The first-order chi connectivity index (χ1) is 13.4. The largest absolute Gasteiger partial charge is 0.494 e. The van der Waals surface area contributed by atoms with Crippen LogP contribution in [0.25, 0.3) is 0 Å². The van der Waals surface area contributed by atoms with E-state index in [9.17, 15) is 14.4 Å². The molecule has 1 aromatic carbocycles. The number of aryl methyl sites for hydroxylation is 1. The molecule has 0 aliphatic rings. The van der Waals surface area contributed by atoms with Crippen molar-refractivity contribution in [3.8, 4) is 5.75 Å². The van der Waals surface area contributed by atoms with Crippen molar-refractivity contribution in [2.75, 3.05) is 25.1 Å². The van der Waals surface area contributed by atoms with Gasteiger partial charge >= 0.3 is 11.9 Å². The minimum Gasteiger partial charge on any atom is -0.494 e. The predicted molar refractivity (Wildman–Crippen MR) is 106 cm³/mol. The summed E-state index contributed by atoms with van der Waals surface area (Å²) in [6, 6.07) is 6.44. The zero-order chi connectivity index (χ0) is 20.7. The van der Waals surface area contributed by atoms with Gasteiger partial charge in [-0.1, -0.05) is 0 Å². The predicted octanol–water partition coefficient (Wildman–Crippen LogP) is 3.74. The Morgan fingerprint density at radius 2 is 1.64 bits per heavy atom. The summed E-state index contributed by atoms with van der Waals surface area (Å²) in [7, 11) is 0. The molecule has 2 aromatic rings. The fourth-order valence-corrected chi connectivity index (χ4v) is 3.46. The van der Waals surface area contributed by atoms with E-state index >= 15 is 0 Å². The van der Waals surface area contributed by atoms with Crippen LogP contribution in [0.2, 0.25) is 0 Å². The molecule has 0 bridgehead atoms. The van der Waals surface area contributed by atoms with Crippen molar-refractivity contribution in [3.05, 3.63) is 45.8 Å². The van der Waals surface area contributed by atoms with Crippen molar-refractivity contribution in [3.63, 3.8) is 0 Å². The maximum atomic E-state index is 12.2. The van der Waals surface area contributed by atoms with Crippen LogP contribution in [0.4, 0.5) is 5.00 Å². The first kappa shape index (κ1) is 21.4. The number of thiophene rings is 1. The standard InChI is InChI=1S/C20H23NO6S/c1-5-25-15-9-7-14(8-10-15)19(23)27-11-16(22)21-18-17(20(24)26-6-2)12(3)13(4)28-18/h7-10H,5-6,11H2,1-4H3,(H,21,22). The maximum absolute atomic E-state index is 12.2. The highest BCUT2D eigenvalue weighted by atomic mass is 32.1. The number of nitrogens with one attached hydrogen (secondary N) is 1. The molecule has 150 valence electrons. The van der Waals surface area contributed by atoms with Crippen molar-refractivity contribution < 1.29 is 28.6 Å². The third-order valence-corrected chi connectivity index (χ3v) is 4.98. The molecule has 0 unspecified atom stereocenters. The lowest BCUT2D eigenvalue weighted by atomic mass is 10.1. The van der Waals surface area contributed by atoms with Crippen LogP contribution in [0.3, 0.4) is 0 Å². The Balaban J connectivity index is 1.98. The van der Waals surface area contributed by atoms with Crippen molar-refractivity contribution in [1.29, 1.82) is 0 Å². The van der Waals surface area contributed by atoms with Crippen LogP contribution in [0.15, 0.2) is 24.3 Å². The molecule has 1 heterocycles. The molecule has 0 aliphatic carbocycles. The Hall–Kier alpha value is -2.87. The molecule has 0 saturated carbocycles. The SMILES string of the molecule is CCOC(=O)c1c(NC(=O)COC(=O)c2ccc(OCC)cc2)sc(C)c1C. The third kappa shape index (κ3) is 5.32. The molecule has 0 aliphatic heterocycles. The first-order valence-corrected chi connectivity index (χ1v) is 9.65. The molecule has 28 heavy (non-hydrogen) atoms. The summed E-state index contributed by atoms with van der Waals surface area (Å²) in [6.45, 7) is 7.52. The quantitative estimate of drug-likeness (QED) is 0.673. The van der Waals surface area contributed by atoms with E-state index in [2.05, 4.69) is 5.32 Å². The molecular weight excluding hydrogens is 382 g/mol. The van der Waals surface area contributed by atoms with Crippen molar-refractivity contribution in [1.82, 2.24) is 0 Å². The van der Waals surface area contributed by atoms with Gasteiger partial charge in [0.1, 0.15) is 10.8 Å². The van der Waals surface area contributed by atoms with Gasteiger partial charge in [0, 0.05) is 4.88 Å². The van der Waals surface area contributed by atoms with E-state index in [1.807, 2.05) is 13.8 Å². The number of hydrogen-bond acceptors (Lipinski definition) is 7. The van der Waals surface area contributed by atoms with E-state index in [-0.39, 0.29) is 6.61 Å². The van der Waals surface area contributed by atoms with E-state index < -0.39 is 24.5 Å². The second kappa shape index (κ2) is 9.89. The number of benzene rings is 1. The minimum atomic E-state index is -0.623. The van der Waals surface area contributed by atoms with Crippen LogP contribution in [0, 0.1) is 13.8 Å². The zero-order valence-corrected chi connectivity index (χ0v) is 17.1. The molecule has 1 aromatic heterocycles. The smallest absolute Gasteiger partial charge is 0.341 e. The number of ether oxygens (including phenoxy) is 3. The van der Waals surface area contributed by atoms with Crippen LogP contribution in [0.5, 0.6) is 5.75 Å². The van der Waals surface area contributed by atoms with E-state index in [1.165, 1.54) is 11.3 Å². The second-order valence-electron chi connectivity index (χ2n) is 5.79. The fraction of sp³-hybridized carbons (Fsp3) is 0.350. The second-order valence-corrected chi connectivity index (χ2v) is 7.01. The molecule has 0 radical (unpaired) electrons. The molecule has 1 N–H and O–H groups in total. The fourth-order valence-electron chi connectivity index (χ4n) is 2.40. The van der Waals surface area contributed by atoms with Gasteiger partial charge in [-0.2, -0.15) is 0 Å². The van der Waals surface area contributed by atoms with Crippen LogP contribution in [0.1, 0.15) is 45.0 Å². The lowest BCUT2D eigenvalue weighted by molar-refractivity contribution is -0.119. The van der Waals surface area contributed by atoms with Gasteiger partial charge in [0.05, 0.1) is 24.3 Å². The van der Waals surface area contributed by atoms with Crippen molar-refractivity contribution in [2.45, 2.75) is 27.7 Å². The summed E-state index contributed by atoms with van der Waals surface area (Å²) in [5.74, 6) is -1.01. The monoisotopic (exact) mass is 405 g/mol. The number of rotatable bonds is 8. The molecule has 0 spiro atoms. The summed E-state index contributed by atoms with van der Waals surface area (Å²) in [4.78, 5) is 37.3. The number of hydrogen-bond donors (Lipinski definition) is 1. The van der Waals surface area contributed by atoms with Crippen LogP contribution in [-0.4, -0.2) is 37.7 Å². The molecule has 0 fully saturated rings. The van der Waals surface area contributed by atoms with Crippen molar-refractivity contribution >= 4 is 34.2 Å². The molecule has 7 nitrogen and oxygen atoms in total. The van der Waals surface area contributed by atoms with Crippen molar-refractivity contribution in [2.24, 2.45) is 0 Å². The summed E-state index contributed by atoms with van der Waals surface area (Å²) >= 11 is 1.27. The van der Waals surface area contributed by atoms with Gasteiger partial charge in [-0.15, -0.1) is 11.3 Å². The minimum absolute atomic E-state index is 0.236. The number of amides is 1. The lowest BCUT2D eigenvalue weighted by Crippen LogP contribution is -2.21. The number of carbonyl (C=O) groups is 3. The lowest BCUT2D eigenvalue weighted by Gasteiger charge is -2.08. The highest BCUT2D eigenvalue weighted by Crippen LogP contribution is 2.33. The van der Waals surface area contributed by atoms with E-state index in [0.717, 1.165) is 10.4 Å². The van der Waals surface area contributed by atoms with Gasteiger partial charge in [-0.05, 0) is 57.5 Å². The molecule has 1 amide bonds. The topological polar surface area (TPSA) is 90.9 Å². The molecule has 0 atom stereocenters. The summed E-state index contributed by atoms with van der Waals surface area (Å²) in [5.41, 5.74) is 1.40. The number of anilines is 1. The zero-order valence-electron chi connectivity index (χ0n) is 16.3. The highest BCUT2D eigenvalue weighted by molar-refractivity contribution is 7.16. The Morgan fingerprint density at radius 1 is 0.964 bits per heavy atom. The summed E-state index contributed by atoms with van der Waals surface area (Å²) in [6.07, 6.45) is 0. The number of carbonyl (C=O) groups excluding carboxylic acids is 3. The molecule has 0 saturated heterocycles. The van der Waals surface area contributed by atoms with Gasteiger partial charge in [0.25, 0.3) is 5.91 Å². The van der Waals surface area contributed by atoms with E-state index in [1.54, 1.807) is 38.1 Å². The van der Waals surface area contributed by atoms with E-state index in [4.69, 9.17) is 14.2 Å². The summed E-state index contributed by atoms with van der Waals surface area (Å²) < 4.78 is 15.4. The van der Waals surface area contributed by atoms with Gasteiger partial charge < -0.3 is 19.5 Å². The Bertz CT molecular complexity index is 856. The average molecular weight is 405 g/mol. The van der Waals surface area contributed by atoms with Crippen LogP contribution >= 0.6 is 11.3 Å². The normalized spacial score (nSPS) is 10.3. The summed E-state index contributed by atoms with van der Waals surface area (Å²) in [5, 5.41) is 3.01. The Kier molecular flexibility index (Phi) is 7.57.